The van der Waals surface area contributed by atoms with Gasteiger partial charge in [-0.05, 0) is 79.1 Å². The fourth-order valence-electron chi connectivity index (χ4n) is 6.10. The summed E-state index contributed by atoms with van der Waals surface area (Å²) in [4.78, 5) is 33.9. The second-order valence-corrected chi connectivity index (χ2v) is 11.0. The van der Waals surface area contributed by atoms with Gasteiger partial charge < -0.3 is 10.1 Å². The van der Waals surface area contributed by atoms with Crippen LogP contribution in [0.3, 0.4) is 0 Å². The van der Waals surface area contributed by atoms with Crippen LogP contribution in [0.5, 0.6) is 0 Å². The van der Waals surface area contributed by atoms with Crippen LogP contribution < -0.4 is 10.2 Å². The molecule has 6 rings (SSSR count). The van der Waals surface area contributed by atoms with Crippen LogP contribution >= 0.6 is 0 Å². The zero-order chi connectivity index (χ0) is 28.0. The van der Waals surface area contributed by atoms with E-state index in [1.165, 1.54) is 37.7 Å². The Labute approximate surface area is 239 Å². The highest BCUT2D eigenvalue weighted by Gasteiger charge is 2.34. The van der Waals surface area contributed by atoms with Crippen LogP contribution in [0.2, 0.25) is 0 Å². The van der Waals surface area contributed by atoms with Crippen molar-refractivity contribution in [2.45, 2.75) is 69.6 Å². The third-order valence-electron chi connectivity index (χ3n) is 8.28. The lowest BCUT2D eigenvalue weighted by molar-refractivity contribution is -0.127. The number of nitrogens with one attached hydrogen (secondary N) is 1. The third-order valence-corrected chi connectivity index (χ3v) is 8.28. The van der Waals surface area contributed by atoms with Crippen molar-refractivity contribution in [1.29, 1.82) is 0 Å². The molecule has 9 heteroatoms. The molecule has 3 heterocycles. The molecule has 0 radical (unpaired) electrons. The van der Waals surface area contributed by atoms with E-state index in [0.29, 0.717) is 35.8 Å². The van der Waals surface area contributed by atoms with Crippen molar-refractivity contribution in [2.24, 2.45) is 0 Å². The molecule has 1 saturated carbocycles. The fraction of sp³-hybridized carbons (Fsp3) is 0.406. The smallest absolute Gasteiger partial charge is 0.249 e. The maximum Gasteiger partial charge on any atom is 0.249 e. The molecule has 2 aromatic carbocycles. The number of rotatable bonds is 9. The Hall–Kier alpha value is -4.11. The molecule has 2 aliphatic rings. The molecule has 1 aliphatic heterocycles. The predicted molar refractivity (Wildman–Crippen MR) is 156 cm³/mol. The predicted octanol–water partition coefficient (Wildman–Crippen LogP) is 4.94. The minimum absolute atomic E-state index is 0.0162. The molecule has 0 unspecified atom stereocenters. The Bertz CT molecular complexity index is 1460. The lowest BCUT2D eigenvalue weighted by Crippen LogP contribution is -2.46. The van der Waals surface area contributed by atoms with Gasteiger partial charge in [-0.3, -0.25) is 19.5 Å². The van der Waals surface area contributed by atoms with Crippen LogP contribution in [0.25, 0.3) is 11.0 Å². The first kappa shape index (κ1) is 27.1. The maximum atomic E-state index is 14.2. The molecule has 41 heavy (non-hydrogen) atoms. The molecular formula is C32H36N6O3. The first-order valence-electron chi connectivity index (χ1n) is 14.7. The number of nitrogens with zero attached hydrogens (tertiary/aromatic N) is 5. The molecule has 2 amide bonds. The highest BCUT2D eigenvalue weighted by molar-refractivity contribution is 6.01. The second-order valence-electron chi connectivity index (χ2n) is 11.0. The molecule has 2 aromatic heterocycles. The Morgan fingerprint density at radius 1 is 0.951 bits per heavy atom. The van der Waals surface area contributed by atoms with E-state index >= 15 is 0 Å². The number of anilines is 1. The van der Waals surface area contributed by atoms with Gasteiger partial charge in [0.1, 0.15) is 18.1 Å². The summed E-state index contributed by atoms with van der Waals surface area (Å²) in [7, 11) is 0. The molecule has 0 bridgehead atoms. The monoisotopic (exact) mass is 552 g/mol. The average molecular weight is 553 g/mol. The number of para-hydroxylation sites is 1. The highest BCUT2D eigenvalue weighted by Crippen LogP contribution is 2.35. The van der Waals surface area contributed by atoms with E-state index in [1.807, 2.05) is 36.4 Å². The average Bonchev–Trinajstić information content (AvgIpc) is 3.70. The van der Waals surface area contributed by atoms with Gasteiger partial charge in [0.15, 0.2) is 0 Å². The van der Waals surface area contributed by atoms with Crippen LogP contribution in [0.1, 0.15) is 68.0 Å². The van der Waals surface area contributed by atoms with Gasteiger partial charge in [-0.2, -0.15) is 0 Å². The summed E-state index contributed by atoms with van der Waals surface area (Å²) in [6.07, 6.45) is 11.3. The summed E-state index contributed by atoms with van der Waals surface area (Å²) < 4.78 is 7.33. The molecule has 2 fully saturated rings. The number of amides is 2. The molecule has 2 atom stereocenters. The highest BCUT2D eigenvalue weighted by atomic mass is 16.5. The topological polar surface area (TPSA) is 102 Å². The van der Waals surface area contributed by atoms with Gasteiger partial charge in [-0.25, -0.2) is 4.68 Å². The number of carbonyl (C=O) groups is 2. The van der Waals surface area contributed by atoms with Gasteiger partial charge in [0.25, 0.3) is 0 Å². The molecule has 4 aromatic rings. The minimum atomic E-state index is -0.901. The standard InChI is InChI=1S/C32H36N6O3/c39-30(22-37-29-11-5-4-10-28(29)35-36-37)38(26-14-12-24(13-15-26)23-7-2-1-3-8-23)31(25-16-18-33-19-17-25)32(40)34-21-27-9-6-20-41-27/h4-5,10-19,23,27,31H,1-3,6-9,20-22H2,(H,34,40)/t27-,31+/m0/s1. The van der Waals surface area contributed by atoms with E-state index in [4.69, 9.17) is 4.74 Å². The molecule has 1 N–H and O–H groups in total. The van der Waals surface area contributed by atoms with Gasteiger partial charge in [0.2, 0.25) is 11.8 Å². The van der Waals surface area contributed by atoms with Crippen LogP contribution in [0, 0.1) is 0 Å². The van der Waals surface area contributed by atoms with Gasteiger partial charge in [0.05, 0.1) is 11.6 Å². The summed E-state index contributed by atoms with van der Waals surface area (Å²) >= 11 is 0. The quantitative estimate of drug-likeness (QED) is 0.316. The zero-order valence-electron chi connectivity index (χ0n) is 23.2. The van der Waals surface area contributed by atoms with Crippen molar-refractivity contribution in [3.05, 3.63) is 84.2 Å². The largest absolute Gasteiger partial charge is 0.376 e. The Kier molecular flexibility index (Phi) is 8.32. The third kappa shape index (κ3) is 6.15. The first-order chi connectivity index (χ1) is 20.2. The molecular weight excluding hydrogens is 516 g/mol. The maximum absolute atomic E-state index is 14.2. The number of carbonyl (C=O) groups excluding carboxylic acids is 2. The fourth-order valence-corrected chi connectivity index (χ4v) is 6.10. The van der Waals surface area contributed by atoms with E-state index in [1.54, 1.807) is 34.1 Å². The Morgan fingerprint density at radius 3 is 2.49 bits per heavy atom. The van der Waals surface area contributed by atoms with Gasteiger partial charge in [0, 0.05) is 31.2 Å². The SMILES string of the molecule is O=C(NC[C@@H]1CCCO1)[C@@H](c1ccncc1)N(C(=O)Cn1nnc2ccccc21)c1ccc(C2CCCCC2)cc1. The van der Waals surface area contributed by atoms with E-state index in [0.717, 1.165) is 18.4 Å². The summed E-state index contributed by atoms with van der Waals surface area (Å²) in [6.45, 7) is 1.04. The van der Waals surface area contributed by atoms with Crippen molar-refractivity contribution in [2.75, 3.05) is 18.1 Å². The molecule has 1 aliphatic carbocycles. The van der Waals surface area contributed by atoms with Gasteiger partial charge in [-0.15, -0.1) is 5.10 Å². The molecule has 0 spiro atoms. The molecule has 212 valence electrons. The van der Waals surface area contributed by atoms with E-state index in [-0.39, 0.29) is 24.5 Å². The Balaban J connectivity index is 1.35. The summed E-state index contributed by atoms with van der Waals surface area (Å²) in [5.74, 6) is 0.00849. The summed E-state index contributed by atoms with van der Waals surface area (Å²) in [5, 5.41) is 11.5. The number of pyridine rings is 1. The lowest BCUT2D eigenvalue weighted by Gasteiger charge is -2.32. The molecule has 9 nitrogen and oxygen atoms in total. The number of hydrogen-bond acceptors (Lipinski definition) is 6. The van der Waals surface area contributed by atoms with Crippen molar-refractivity contribution in [3.63, 3.8) is 0 Å². The van der Waals surface area contributed by atoms with Crippen molar-refractivity contribution in [3.8, 4) is 0 Å². The summed E-state index contributed by atoms with van der Waals surface area (Å²) in [6, 6.07) is 18.4. The van der Waals surface area contributed by atoms with Crippen molar-refractivity contribution in [1.82, 2.24) is 25.3 Å². The first-order valence-corrected chi connectivity index (χ1v) is 14.7. The van der Waals surface area contributed by atoms with E-state index in [2.05, 4.69) is 32.7 Å². The van der Waals surface area contributed by atoms with Crippen molar-refractivity contribution >= 4 is 28.5 Å². The molecule has 1 saturated heterocycles. The summed E-state index contributed by atoms with van der Waals surface area (Å²) in [5.41, 5.74) is 4.10. The minimum Gasteiger partial charge on any atom is -0.376 e. The zero-order valence-corrected chi connectivity index (χ0v) is 23.2. The van der Waals surface area contributed by atoms with E-state index in [9.17, 15) is 9.59 Å². The van der Waals surface area contributed by atoms with Crippen molar-refractivity contribution < 1.29 is 14.3 Å². The Morgan fingerprint density at radius 2 is 1.73 bits per heavy atom. The van der Waals surface area contributed by atoms with Crippen LogP contribution in [-0.4, -0.2) is 51.0 Å². The van der Waals surface area contributed by atoms with Gasteiger partial charge in [-0.1, -0.05) is 48.7 Å². The number of aromatic nitrogens is 4. The lowest BCUT2D eigenvalue weighted by atomic mass is 9.84. The normalized spacial score (nSPS) is 18.3. The van der Waals surface area contributed by atoms with E-state index < -0.39 is 6.04 Å². The number of ether oxygens (including phenoxy) is 1. The number of benzene rings is 2. The van der Waals surface area contributed by atoms with Crippen LogP contribution in [0.4, 0.5) is 5.69 Å². The number of hydrogen-bond donors (Lipinski definition) is 1. The van der Waals surface area contributed by atoms with Crippen LogP contribution in [-0.2, 0) is 20.9 Å². The number of fused-ring (bicyclic) bond motifs is 1. The van der Waals surface area contributed by atoms with Crippen LogP contribution in [0.15, 0.2) is 73.1 Å². The van der Waals surface area contributed by atoms with Gasteiger partial charge >= 0.3 is 0 Å². The second kappa shape index (κ2) is 12.6.